The van der Waals surface area contributed by atoms with Crippen LogP contribution in [0.1, 0.15) is 39.5 Å². The molecule has 0 radical (unpaired) electrons. The first-order chi connectivity index (χ1) is 7.11. The number of hydrogen-bond acceptors (Lipinski definition) is 3. The van der Waals surface area contributed by atoms with Gasteiger partial charge < -0.3 is 15.5 Å². The van der Waals surface area contributed by atoms with E-state index in [0.29, 0.717) is 12.6 Å². The molecule has 3 N–H and O–H groups in total. The van der Waals surface area contributed by atoms with Gasteiger partial charge in [0.1, 0.15) is 0 Å². The number of aliphatic hydroxyl groups is 2. The summed E-state index contributed by atoms with van der Waals surface area (Å²) in [6.07, 6.45) is 5.36. The summed E-state index contributed by atoms with van der Waals surface area (Å²) in [5, 5.41) is 21.8. The summed E-state index contributed by atoms with van der Waals surface area (Å²) in [5.74, 6) is 0.784. The van der Waals surface area contributed by atoms with E-state index >= 15 is 0 Å². The van der Waals surface area contributed by atoms with Crippen LogP contribution in [-0.2, 0) is 0 Å². The molecule has 1 unspecified atom stereocenters. The van der Waals surface area contributed by atoms with Crippen molar-refractivity contribution < 1.29 is 10.2 Å². The van der Waals surface area contributed by atoms with Crippen molar-refractivity contribution in [3.05, 3.63) is 0 Å². The van der Waals surface area contributed by atoms with Crippen LogP contribution in [0.5, 0.6) is 0 Å². The maximum absolute atomic E-state index is 9.16. The fourth-order valence-corrected chi connectivity index (χ4v) is 2.19. The third-order valence-electron chi connectivity index (χ3n) is 3.72. The van der Waals surface area contributed by atoms with Crippen LogP contribution < -0.4 is 5.32 Å². The van der Waals surface area contributed by atoms with Crippen LogP contribution in [0.2, 0.25) is 0 Å². The van der Waals surface area contributed by atoms with Gasteiger partial charge in [0.2, 0.25) is 0 Å². The van der Waals surface area contributed by atoms with Crippen molar-refractivity contribution in [2.45, 2.75) is 45.6 Å². The molecule has 0 saturated heterocycles. The summed E-state index contributed by atoms with van der Waals surface area (Å²) in [5.41, 5.74) is -0.382. The van der Waals surface area contributed by atoms with Crippen molar-refractivity contribution in [1.82, 2.24) is 5.32 Å². The predicted octanol–water partition coefficient (Wildman–Crippen LogP) is 1.15. The molecule has 1 fully saturated rings. The first-order valence-corrected chi connectivity index (χ1v) is 6.06. The number of aliphatic hydroxyl groups excluding tert-OH is 2. The lowest BCUT2D eigenvalue weighted by atomic mass is 9.91. The Balaban J connectivity index is 2.28. The molecule has 0 bridgehead atoms. The van der Waals surface area contributed by atoms with E-state index in [9.17, 15) is 0 Å². The second-order valence-corrected chi connectivity index (χ2v) is 5.34. The Hall–Kier alpha value is -0.120. The molecule has 1 saturated carbocycles. The molecule has 3 nitrogen and oxygen atoms in total. The van der Waals surface area contributed by atoms with Gasteiger partial charge in [-0.15, -0.1) is 0 Å². The van der Waals surface area contributed by atoms with Gasteiger partial charge in [0.05, 0.1) is 13.2 Å². The molecule has 1 rings (SSSR count). The molecule has 0 aromatic carbocycles. The zero-order valence-electron chi connectivity index (χ0n) is 10.00. The van der Waals surface area contributed by atoms with Crippen molar-refractivity contribution >= 4 is 0 Å². The van der Waals surface area contributed by atoms with Crippen molar-refractivity contribution in [2.24, 2.45) is 11.3 Å². The Morgan fingerprint density at radius 3 is 2.27 bits per heavy atom. The zero-order valence-corrected chi connectivity index (χ0v) is 10.00. The lowest BCUT2D eigenvalue weighted by Gasteiger charge is -2.29. The lowest BCUT2D eigenvalue weighted by molar-refractivity contribution is 0.0659. The van der Waals surface area contributed by atoms with E-state index in [1.165, 1.54) is 25.7 Å². The van der Waals surface area contributed by atoms with E-state index in [0.717, 1.165) is 5.92 Å². The average Bonchev–Trinajstić information content (AvgIpc) is 2.79. The molecule has 1 atom stereocenters. The van der Waals surface area contributed by atoms with Crippen molar-refractivity contribution in [2.75, 3.05) is 19.8 Å². The molecule has 15 heavy (non-hydrogen) atoms. The van der Waals surface area contributed by atoms with Crippen LogP contribution in [0.15, 0.2) is 0 Å². The highest BCUT2D eigenvalue weighted by atomic mass is 16.3. The van der Waals surface area contributed by atoms with Crippen LogP contribution in [0.4, 0.5) is 0 Å². The van der Waals surface area contributed by atoms with Crippen LogP contribution in [0.3, 0.4) is 0 Å². The van der Waals surface area contributed by atoms with Gasteiger partial charge >= 0.3 is 0 Å². The predicted molar refractivity (Wildman–Crippen MR) is 61.7 cm³/mol. The Morgan fingerprint density at radius 2 is 1.80 bits per heavy atom. The number of nitrogens with one attached hydrogen (secondary N) is 1. The highest BCUT2D eigenvalue weighted by Gasteiger charge is 2.26. The molecule has 0 aromatic heterocycles. The molecular formula is C12H25NO2. The van der Waals surface area contributed by atoms with Crippen molar-refractivity contribution in [1.29, 1.82) is 0 Å². The van der Waals surface area contributed by atoms with Crippen molar-refractivity contribution in [3.63, 3.8) is 0 Å². The SMILES string of the molecule is CC(NCC(C)(CO)CO)C1CCCC1. The maximum Gasteiger partial charge on any atom is 0.0518 e. The van der Waals surface area contributed by atoms with E-state index in [4.69, 9.17) is 10.2 Å². The average molecular weight is 215 g/mol. The quantitative estimate of drug-likeness (QED) is 0.623. The van der Waals surface area contributed by atoms with Gasteiger partial charge in [-0.25, -0.2) is 0 Å². The minimum absolute atomic E-state index is 0.0356. The van der Waals surface area contributed by atoms with Gasteiger partial charge in [-0.05, 0) is 25.7 Å². The Kier molecular flexibility index (Phi) is 5.03. The minimum atomic E-state index is -0.382. The first-order valence-electron chi connectivity index (χ1n) is 6.06. The molecule has 0 spiro atoms. The third kappa shape index (κ3) is 3.74. The molecule has 0 heterocycles. The normalized spacial score (nSPS) is 20.8. The van der Waals surface area contributed by atoms with Gasteiger partial charge in [-0.1, -0.05) is 19.8 Å². The zero-order chi connectivity index (χ0) is 11.3. The molecule has 3 heteroatoms. The lowest BCUT2D eigenvalue weighted by Crippen LogP contribution is -2.43. The summed E-state index contributed by atoms with van der Waals surface area (Å²) in [6.45, 7) is 4.88. The molecule has 1 aliphatic carbocycles. The van der Waals surface area contributed by atoms with Crippen LogP contribution in [0.25, 0.3) is 0 Å². The second kappa shape index (κ2) is 5.83. The van der Waals surface area contributed by atoms with E-state index < -0.39 is 0 Å². The minimum Gasteiger partial charge on any atom is -0.396 e. The Morgan fingerprint density at radius 1 is 1.27 bits per heavy atom. The van der Waals surface area contributed by atoms with Gasteiger partial charge in [0.25, 0.3) is 0 Å². The summed E-state index contributed by atoms with van der Waals surface area (Å²) >= 11 is 0. The maximum atomic E-state index is 9.16. The van der Waals surface area contributed by atoms with E-state index in [-0.39, 0.29) is 18.6 Å². The first kappa shape index (κ1) is 12.9. The molecule has 0 aliphatic heterocycles. The molecule has 1 aliphatic rings. The summed E-state index contributed by atoms with van der Waals surface area (Å²) in [4.78, 5) is 0. The monoisotopic (exact) mass is 215 g/mol. The summed E-state index contributed by atoms with van der Waals surface area (Å²) in [6, 6.07) is 0.505. The fraction of sp³-hybridized carbons (Fsp3) is 1.00. The Labute approximate surface area is 92.9 Å². The van der Waals surface area contributed by atoms with Crippen LogP contribution in [-0.4, -0.2) is 36.0 Å². The van der Waals surface area contributed by atoms with E-state index in [2.05, 4.69) is 12.2 Å². The largest absolute Gasteiger partial charge is 0.396 e. The molecule has 0 amide bonds. The standard InChI is InChI=1S/C12H25NO2/c1-10(11-5-3-4-6-11)13-7-12(2,8-14)9-15/h10-11,13-15H,3-9H2,1-2H3. The van der Waals surface area contributed by atoms with E-state index in [1.54, 1.807) is 0 Å². The van der Waals surface area contributed by atoms with Gasteiger partial charge in [0.15, 0.2) is 0 Å². The fourth-order valence-electron chi connectivity index (χ4n) is 2.19. The molecular weight excluding hydrogens is 190 g/mol. The van der Waals surface area contributed by atoms with Gasteiger partial charge in [0, 0.05) is 18.0 Å². The van der Waals surface area contributed by atoms with Crippen LogP contribution in [0, 0.1) is 11.3 Å². The van der Waals surface area contributed by atoms with Gasteiger partial charge in [-0.3, -0.25) is 0 Å². The third-order valence-corrected chi connectivity index (χ3v) is 3.72. The number of hydrogen-bond donors (Lipinski definition) is 3. The second-order valence-electron chi connectivity index (χ2n) is 5.34. The highest BCUT2D eigenvalue weighted by Crippen LogP contribution is 2.27. The Bertz CT molecular complexity index is 174. The summed E-state index contributed by atoms with van der Waals surface area (Å²) < 4.78 is 0. The molecule has 0 aromatic rings. The molecule has 90 valence electrons. The number of rotatable bonds is 6. The highest BCUT2D eigenvalue weighted by molar-refractivity contribution is 4.81. The van der Waals surface area contributed by atoms with Crippen molar-refractivity contribution in [3.8, 4) is 0 Å². The van der Waals surface area contributed by atoms with Gasteiger partial charge in [-0.2, -0.15) is 0 Å². The summed E-state index contributed by atoms with van der Waals surface area (Å²) in [7, 11) is 0. The smallest absolute Gasteiger partial charge is 0.0518 e. The van der Waals surface area contributed by atoms with Crippen LogP contribution >= 0.6 is 0 Å². The van der Waals surface area contributed by atoms with E-state index in [1.807, 2.05) is 6.92 Å². The topological polar surface area (TPSA) is 52.5 Å².